The maximum atomic E-state index is 12.1. The van der Waals surface area contributed by atoms with Crippen LogP contribution in [0.5, 0.6) is 5.75 Å². The van der Waals surface area contributed by atoms with Crippen LogP contribution in [0.4, 0.5) is 0 Å². The third-order valence-corrected chi connectivity index (χ3v) is 3.30. The Labute approximate surface area is 145 Å². The summed E-state index contributed by atoms with van der Waals surface area (Å²) in [6.07, 6.45) is 0. The second kappa shape index (κ2) is 8.76. The lowest BCUT2D eigenvalue weighted by molar-refractivity contribution is -0.120. The van der Waals surface area contributed by atoms with Crippen LogP contribution in [0.3, 0.4) is 0 Å². The predicted molar refractivity (Wildman–Crippen MR) is 90.0 cm³/mol. The number of tetrazole rings is 1. The summed E-state index contributed by atoms with van der Waals surface area (Å²) in [7, 11) is 0. The molecular formula is C16H22N6O3. The molecule has 0 aliphatic rings. The van der Waals surface area contributed by atoms with E-state index < -0.39 is 0 Å². The van der Waals surface area contributed by atoms with Crippen molar-refractivity contribution in [3.63, 3.8) is 0 Å². The number of nitrogens with one attached hydrogen (secondary N) is 2. The Hall–Kier alpha value is -2.97. The fourth-order valence-electron chi connectivity index (χ4n) is 2.11. The van der Waals surface area contributed by atoms with Crippen molar-refractivity contribution in [1.29, 1.82) is 0 Å². The zero-order valence-electron chi connectivity index (χ0n) is 14.5. The summed E-state index contributed by atoms with van der Waals surface area (Å²) in [5.74, 6) is 0.539. The monoisotopic (exact) mass is 346 g/mol. The first-order valence-corrected chi connectivity index (χ1v) is 8.05. The molecule has 0 radical (unpaired) electrons. The lowest BCUT2D eigenvalue weighted by Crippen LogP contribution is -2.36. The zero-order valence-corrected chi connectivity index (χ0v) is 14.5. The van der Waals surface area contributed by atoms with Gasteiger partial charge in [0.1, 0.15) is 12.4 Å². The van der Waals surface area contributed by atoms with E-state index in [4.69, 9.17) is 4.74 Å². The van der Waals surface area contributed by atoms with Gasteiger partial charge in [0.2, 0.25) is 5.91 Å². The maximum Gasteiger partial charge on any atom is 0.251 e. The number of hydrogen-bond acceptors (Lipinski definition) is 6. The molecule has 0 unspecified atom stereocenters. The van der Waals surface area contributed by atoms with E-state index in [1.165, 1.54) is 0 Å². The number of aromatic nitrogens is 4. The first kappa shape index (κ1) is 18.4. The molecule has 0 bridgehead atoms. The highest BCUT2D eigenvalue weighted by Crippen LogP contribution is 2.15. The molecular weight excluding hydrogens is 324 g/mol. The van der Waals surface area contributed by atoms with Crippen molar-refractivity contribution in [2.75, 3.05) is 13.1 Å². The van der Waals surface area contributed by atoms with E-state index in [0.29, 0.717) is 23.7 Å². The number of nitrogens with zero attached hydrogens (tertiary/aromatic N) is 4. The quantitative estimate of drug-likeness (QED) is 0.728. The Morgan fingerprint density at radius 2 is 2.08 bits per heavy atom. The Morgan fingerprint density at radius 1 is 1.28 bits per heavy atom. The molecule has 1 aromatic carbocycles. The van der Waals surface area contributed by atoms with Crippen LogP contribution in [-0.2, 0) is 11.4 Å². The summed E-state index contributed by atoms with van der Waals surface area (Å²) in [5.41, 5.74) is 0.408. The number of benzene rings is 1. The molecule has 9 heteroatoms. The molecule has 0 fully saturated rings. The summed E-state index contributed by atoms with van der Waals surface area (Å²) >= 11 is 0. The molecule has 0 atom stereocenters. The Morgan fingerprint density at radius 3 is 2.80 bits per heavy atom. The van der Waals surface area contributed by atoms with E-state index in [-0.39, 0.29) is 31.0 Å². The van der Waals surface area contributed by atoms with Crippen molar-refractivity contribution in [3.8, 4) is 5.75 Å². The third kappa shape index (κ3) is 5.27. The Balaban J connectivity index is 1.95. The van der Waals surface area contributed by atoms with E-state index in [0.717, 1.165) is 0 Å². The predicted octanol–water partition coefficient (Wildman–Crippen LogP) is 0.699. The fourth-order valence-corrected chi connectivity index (χ4v) is 2.11. The number of likely N-dealkylation sites (N-methyl/N-ethyl adjacent to an activating group) is 1. The van der Waals surface area contributed by atoms with Crippen molar-refractivity contribution < 1.29 is 14.3 Å². The van der Waals surface area contributed by atoms with E-state index in [1.54, 1.807) is 28.9 Å². The minimum absolute atomic E-state index is 0.0685. The minimum Gasteiger partial charge on any atom is -0.486 e. The van der Waals surface area contributed by atoms with Crippen LogP contribution in [0.2, 0.25) is 0 Å². The number of ether oxygens (including phenoxy) is 1. The molecule has 134 valence electrons. The van der Waals surface area contributed by atoms with Gasteiger partial charge in [-0.25, -0.2) is 4.68 Å². The molecule has 2 rings (SSSR count). The molecule has 1 aromatic heterocycles. The van der Waals surface area contributed by atoms with Gasteiger partial charge in [0.15, 0.2) is 5.82 Å². The van der Waals surface area contributed by atoms with E-state index in [1.807, 2.05) is 20.8 Å². The van der Waals surface area contributed by atoms with Gasteiger partial charge in [-0.05, 0) is 49.4 Å². The van der Waals surface area contributed by atoms with Crippen molar-refractivity contribution in [2.45, 2.75) is 33.4 Å². The molecule has 0 saturated carbocycles. The molecule has 2 N–H and O–H groups in total. The van der Waals surface area contributed by atoms with Gasteiger partial charge in [0.05, 0.1) is 12.6 Å². The lowest BCUT2D eigenvalue weighted by atomic mass is 10.2. The highest BCUT2D eigenvalue weighted by atomic mass is 16.5. The second-order valence-electron chi connectivity index (χ2n) is 5.59. The van der Waals surface area contributed by atoms with Crippen LogP contribution in [0.1, 0.15) is 43.0 Å². The fraction of sp³-hybridized carbons (Fsp3) is 0.438. The smallest absolute Gasteiger partial charge is 0.251 e. The Bertz CT molecular complexity index is 728. The Kier molecular flexibility index (Phi) is 6.44. The van der Waals surface area contributed by atoms with Gasteiger partial charge in [0.25, 0.3) is 5.91 Å². The van der Waals surface area contributed by atoms with Crippen LogP contribution in [-0.4, -0.2) is 45.1 Å². The average Bonchev–Trinajstić information content (AvgIpc) is 3.07. The number of amides is 2. The van der Waals surface area contributed by atoms with Gasteiger partial charge >= 0.3 is 0 Å². The van der Waals surface area contributed by atoms with Gasteiger partial charge in [-0.15, -0.1) is 5.10 Å². The van der Waals surface area contributed by atoms with E-state index in [2.05, 4.69) is 26.2 Å². The topological polar surface area (TPSA) is 111 Å². The summed E-state index contributed by atoms with van der Waals surface area (Å²) < 4.78 is 7.34. The second-order valence-corrected chi connectivity index (χ2v) is 5.59. The lowest BCUT2D eigenvalue weighted by Gasteiger charge is -2.10. The summed E-state index contributed by atoms with van der Waals surface area (Å²) in [5, 5.41) is 16.6. The third-order valence-electron chi connectivity index (χ3n) is 3.30. The van der Waals surface area contributed by atoms with Crippen LogP contribution >= 0.6 is 0 Å². The molecule has 0 spiro atoms. The number of hydrogen-bond donors (Lipinski definition) is 2. The molecule has 0 aliphatic heterocycles. The van der Waals surface area contributed by atoms with Crippen LogP contribution < -0.4 is 15.4 Å². The largest absolute Gasteiger partial charge is 0.486 e. The van der Waals surface area contributed by atoms with Crippen LogP contribution in [0, 0.1) is 0 Å². The molecule has 0 saturated heterocycles. The SMILES string of the molecule is CCNC(=O)CNC(=O)c1cccc(OCc2nnnn2C(C)C)c1. The van der Waals surface area contributed by atoms with Crippen LogP contribution in [0.25, 0.3) is 0 Å². The van der Waals surface area contributed by atoms with Crippen molar-refractivity contribution in [3.05, 3.63) is 35.7 Å². The summed E-state index contributed by atoms with van der Waals surface area (Å²) in [6, 6.07) is 6.83. The molecule has 25 heavy (non-hydrogen) atoms. The van der Waals surface area contributed by atoms with Crippen molar-refractivity contribution in [2.24, 2.45) is 0 Å². The number of rotatable bonds is 8. The molecule has 1 heterocycles. The van der Waals surface area contributed by atoms with Crippen molar-refractivity contribution in [1.82, 2.24) is 30.8 Å². The molecule has 2 aromatic rings. The van der Waals surface area contributed by atoms with Gasteiger partial charge in [-0.1, -0.05) is 6.07 Å². The molecule has 0 aliphatic carbocycles. The number of carbonyl (C=O) groups excluding carboxylic acids is 2. The molecule has 9 nitrogen and oxygen atoms in total. The van der Waals surface area contributed by atoms with Crippen LogP contribution in [0.15, 0.2) is 24.3 Å². The molecule has 2 amide bonds. The summed E-state index contributed by atoms with van der Waals surface area (Å²) in [6.45, 7) is 6.40. The van der Waals surface area contributed by atoms with E-state index >= 15 is 0 Å². The van der Waals surface area contributed by atoms with Gasteiger partial charge in [0, 0.05) is 12.1 Å². The number of carbonyl (C=O) groups is 2. The highest BCUT2D eigenvalue weighted by Gasteiger charge is 2.11. The average molecular weight is 346 g/mol. The first-order chi connectivity index (χ1) is 12.0. The van der Waals surface area contributed by atoms with E-state index in [9.17, 15) is 9.59 Å². The highest BCUT2D eigenvalue weighted by molar-refractivity contribution is 5.96. The summed E-state index contributed by atoms with van der Waals surface area (Å²) in [4.78, 5) is 23.5. The van der Waals surface area contributed by atoms with Gasteiger partial charge in [-0.2, -0.15) is 0 Å². The van der Waals surface area contributed by atoms with Gasteiger partial charge < -0.3 is 15.4 Å². The first-order valence-electron chi connectivity index (χ1n) is 8.05. The normalized spacial score (nSPS) is 10.6. The zero-order chi connectivity index (χ0) is 18.2. The minimum atomic E-state index is -0.344. The van der Waals surface area contributed by atoms with Crippen molar-refractivity contribution >= 4 is 11.8 Å². The van der Waals surface area contributed by atoms with Gasteiger partial charge in [-0.3, -0.25) is 9.59 Å². The standard InChI is InChI=1S/C16H22N6O3/c1-4-17-15(23)9-18-16(24)12-6-5-7-13(8-12)25-10-14-19-20-21-22(14)11(2)3/h5-8,11H,4,9-10H2,1-3H3,(H,17,23)(H,18,24). The maximum absolute atomic E-state index is 12.1.